The average molecular weight is 258 g/mol. The van der Waals surface area contributed by atoms with Gasteiger partial charge in [-0.1, -0.05) is 25.5 Å². The number of nitriles is 1. The van der Waals surface area contributed by atoms with Crippen molar-refractivity contribution in [1.82, 2.24) is 5.32 Å². The quantitative estimate of drug-likeness (QED) is 0.484. The predicted molar refractivity (Wildman–Crippen MR) is 74.5 cm³/mol. The molecule has 0 aliphatic carbocycles. The predicted octanol–water partition coefficient (Wildman–Crippen LogP) is 2.52. The summed E-state index contributed by atoms with van der Waals surface area (Å²) in [4.78, 5) is 11.7. The number of carbonyl (C=O) groups is 1. The van der Waals surface area contributed by atoms with Gasteiger partial charge in [-0.3, -0.25) is 4.79 Å². The van der Waals surface area contributed by atoms with Crippen LogP contribution in [0.5, 0.6) is 5.75 Å². The summed E-state index contributed by atoms with van der Waals surface area (Å²) in [6, 6.07) is 9.10. The summed E-state index contributed by atoms with van der Waals surface area (Å²) in [5, 5.41) is 11.7. The fourth-order valence-corrected chi connectivity index (χ4v) is 1.49. The molecule has 4 nitrogen and oxygen atoms in total. The second kappa shape index (κ2) is 7.93. The smallest absolute Gasteiger partial charge is 0.261 e. The second-order valence-electron chi connectivity index (χ2n) is 4.05. The van der Waals surface area contributed by atoms with Gasteiger partial charge in [0.15, 0.2) is 0 Å². The van der Waals surface area contributed by atoms with Crippen molar-refractivity contribution in [3.05, 3.63) is 35.4 Å². The minimum Gasteiger partial charge on any atom is -0.497 e. The molecule has 0 saturated heterocycles. The number of rotatable bonds is 6. The number of carbonyl (C=O) groups excluding carboxylic acids is 1. The molecule has 0 heterocycles. The molecule has 0 fully saturated rings. The summed E-state index contributed by atoms with van der Waals surface area (Å²) in [5.74, 6) is 0.412. The van der Waals surface area contributed by atoms with Gasteiger partial charge in [-0.2, -0.15) is 5.26 Å². The molecule has 0 bridgehead atoms. The van der Waals surface area contributed by atoms with Crippen LogP contribution in [0.25, 0.3) is 6.08 Å². The normalized spacial score (nSPS) is 10.7. The van der Waals surface area contributed by atoms with Crippen molar-refractivity contribution in [2.75, 3.05) is 13.7 Å². The Bertz CT molecular complexity index is 484. The summed E-state index contributed by atoms with van der Waals surface area (Å²) in [7, 11) is 1.59. The number of hydrogen-bond donors (Lipinski definition) is 1. The van der Waals surface area contributed by atoms with Crippen LogP contribution in [-0.2, 0) is 4.79 Å². The third kappa shape index (κ3) is 4.84. The van der Waals surface area contributed by atoms with Crippen molar-refractivity contribution >= 4 is 12.0 Å². The lowest BCUT2D eigenvalue weighted by Crippen LogP contribution is -2.25. The van der Waals surface area contributed by atoms with Crippen LogP contribution in [0.3, 0.4) is 0 Å². The van der Waals surface area contributed by atoms with Gasteiger partial charge in [-0.05, 0) is 30.2 Å². The lowest BCUT2D eigenvalue weighted by Gasteiger charge is -2.03. The summed E-state index contributed by atoms with van der Waals surface area (Å²) in [6.45, 7) is 2.64. The zero-order chi connectivity index (χ0) is 14.1. The van der Waals surface area contributed by atoms with Crippen LogP contribution in [0.1, 0.15) is 25.3 Å². The van der Waals surface area contributed by atoms with Crippen molar-refractivity contribution in [1.29, 1.82) is 5.26 Å². The number of ether oxygens (including phenoxy) is 1. The van der Waals surface area contributed by atoms with E-state index in [9.17, 15) is 4.79 Å². The van der Waals surface area contributed by atoms with Gasteiger partial charge in [0.2, 0.25) is 0 Å². The van der Waals surface area contributed by atoms with Crippen molar-refractivity contribution in [2.45, 2.75) is 19.8 Å². The highest BCUT2D eigenvalue weighted by atomic mass is 16.5. The molecule has 1 rings (SSSR count). The number of nitrogens with one attached hydrogen (secondary N) is 1. The average Bonchev–Trinajstić information content (AvgIpc) is 2.45. The fraction of sp³-hybridized carbons (Fsp3) is 0.333. The van der Waals surface area contributed by atoms with Crippen molar-refractivity contribution in [2.24, 2.45) is 0 Å². The van der Waals surface area contributed by atoms with Gasteiger partial charge in [0.1, 0.15) is 17.4 Å². The van der Waals surface area contributed by atoms with E-state index >= 15 is 0 Å². The van der Waals surface area contributed by atoms with E-state index in [1.165, 1.54) is 0 Å². The Morgan fingerprint density at radius 3 is 2.63 bits per heavy atom. The van der Waals surface area contributed by atoms with Crippen molar-refractivity contribution < 1.29 is 9.53 Å². The molecular weight excluding hydrogens is 240 g/mol. The minimum atomic E-state index is -0.327. The molecule has 1 N–H and O–H groups in total. The molecule has 4 heteroatoms. The molecule has 0 aliphatic rings. The summed E-state index contributed by atoms with van der Waals surface area (Å²) >= 11 is 0. The lowest BCUT2D eigenvalue weighted by molar-refractivity contribution is -0.117. The number of methoxy groups -OCH3 is 1. The molecule has 1 amide bonds. The molecule has 0 radical (unpaired) electrons. The standard InChI is InChI=1S/C15H18N2O2/c1-3-4-9-17-15(18)13(11-16)10-12-5-7-14(19-2)8-6-12/h5-8,10H,3-4,9H2,1-2H3,(H,17,18)/b13-10+. The van der Waals surface area contributed by atoms with Gasteiger partial charge >= 0.3 is 0 Å². The van der Waals surface area contributed by atoms with E-state index in [-0.39, 0.29) is 11.5 Å². The zero-order valence-electron chi connectivity index (χ0n) is 11.3. The van der Waals surface area contributed by atoms with E-state index in [1.807, 2.05) is 13.0 Å². The van der Waals surface area contributed by atoms with E-state index < -0.39 is 0 Å². The lowest BCUT2D eigenvalue weighted by atomic mass is 10.1. The summed E-state index contributed by atoms with van der Waals surface area (Å²) in [6.07, 6.45) is 3.48. The Kier molecular flexibility index (Phi) is 6.17. The Hall–Kier alpha value is -2.28. The molecule has 1 aromatic carbocycles. The van der Waals surface area contributed by atoms with Gasteiger partial charge in [0.25, 0.3) is 5.91 Å². The minimum absolute atomic E-state index is 0.112. The van der Waals surface area contributed by atoms with Gasteiger partial charge in [-0.25, -0.2) is 0 Å². The number of hydrogen-bond acceptors (Lipinski definition) is 3. The molecule has 0 atom stereocenters. The van der Waals surface area contributed by atoms with E-state index in [0.717, 1.165) is 24.2 Å². The van der Waals surface area contributed by atoms with E-state index in [2.05, 4.69) is 5.32 Å². The monoisotopic (exact) mass is 258 g/mol. The Morgan fingerprint density at radius 2 is 2.11 bits per heavy atom. The molecule has 0 saturated carbocycles. The molecule has 0 aliphatic heterocycles. The first kappa shape index (κ1) is 14.8. The molecule has 0 unspecified atom stereocenters. The highest BCUT2D eigenvalue weighted by molar-refractivity contribution is 6.01. The highest BCUT2D eigenvalue weighted by Crippen LogP contribution is 2.13. The fourth-order valence-electron chi connectivity index (χ4n) is 1.49. The maximum absolute atomic E-state index is 11.7. The largest absolute Gasteiger partial charge is 0.497 e. The number of amides is 1. The van der Waals surface area contributed by atoms with Crippen molar-refractivity contribution in [3.63, 3.8) is 0 Å². The van der Waals surface area contributed by atoms with Gasteiger partial charge in [0, 0.05) is 6.54 Å². The second-order valence-corrected chi connectivity index (χ2v) is 4.05. The first-order valence-electron chi connectivity index (χ1n) is 6.25. The van der Waals surface area contributed by atoms with Crippen LogP contribution in [0.4, 0.5) is 0 Å². The SMILES string of the molecule is CCCCNC(=O)/C(C#N)=C/c1ccc(OC)cc1. The molecular formula is C15H18N2O2. The Labute approximate surface area is 113 Å². The van der Waals surface area contributed by atoms with E-state index in [4.69, 9.17) is 10.00 Å². The van der Waals surface area contributed by atoms with Crippen LogP contribution in [0, 0.1) is 11.3 Å². The van der Waals surface area contributed by atoms with Gasteiger partial charge in [-0.15, -0.1) is 0 Å². The first-order valence-corrected chi connectivity index (χ1v) is 6.25. The molecule has 100 valence electrons. The first-order chi connectivity index (χ1) is 9.21. The van der Waals surface area contributed by atoms with Crippen LogP contribution in [-0.4, -0.2) is 19.6 Å². The zero-order valence-corrected chi connectivity index (χ0v) is 11.3. The van der Waals surface area contributed by atoms with Crippen LogP contribution < -0.4 is 10.1 Å². The summed E-state index contributed by atoms with van der Waals surface area (Å²) in [5.41, 5.74) is 0.907. The number of nitrogens with zero attached hydrogens (tertiary/aromatic N) is 1. The third-order valence-corrected chi connectivity index (χ3v) is 2.61. The third-order valence-electron chi connectivity index (χ3n) is 2.61. The number of unbranched alkanes of at least 4 members (excludes halogenated alkanes) is 1. The van der Waals surface area contributed by atoms with Gasteiger partial charge in [0.05, 0.1) is 7.11 Å². The Balaban J connectivity index is 2.75. The Morgan fingerprint density at radius 1 is 1.42 bits per heavy atom. The maximum atomic E-state index is 11.7. The highest BCUT2D eigenvalue weighted by Gasteiger charge is 2.07. The van der Waals surface area contributed by atoms with E-state index in [0.29, 0.717) is 6.54 Å². The van der Waals surface area contributed by atoms with E-state index in [1.54, 1.807) is 37.5 Å². The van der Waals surface area contributed by atoms with Crippen LogP contribution >= 0.6 is 0 Å². The molecule has 1 aromatic rings. The maximum Gasteiger partial charge on any atom is 0.261 e. The van der Waals surface area contributed by atoms with Crippen LogP contribution in [0.2, 0.25) is 0 Å². The summed E-state index contributed by atoms with van der Waals surface area (Å²) < 4.78 is 5.05. The molecule has 19 heavy (non-hydrogen) atoms. The molecule has 0 aromatic heterocycles. The topological polar surface area (TPSA) is 62.1 Å². The molecule has 0 spiro atoms. The number of benzene rings is 1. The van der Waals surface area contributed by atoms with Crippen LogP contribution in [0.15, 0.2) is 29.8 Å². The van der Waals surface area contributed by atoms with Gasteiger partial charge < -0.3 is 10.1 Å². The van der Waals surface area contributed by atoms with Crippen molar-refractivity contribution in [3.8, 4) is 11.8 Å².